The van der Waals surface area contributed by atoms with Crippen molar-refractivity contribution in [3.8, 4) is 0 Å². The van der Waals surface area contributed by atoms with Crippen LogP contribution in [-0.2, 0) is 27.4 Å². The lowest BCUT2D eigenvalue weighted by molar-refractivity contribution is -0.121. The molecule has 10 nitrogen and oxygen atoms in total. The third-order valence-electron chi connectivity index (χ3n) is 2.13. The fourth-order valence-corrected chi connectivity index (χ4v) is 1.36. The van der Waals surface area contributed by atoms with Crippen molar-refractivity contribution in [3.63, 3.8) is 0 Å². The molecule has 0 fully saturated rings. The number of ether oxygens (including phenoxy) is 2. The smallest absolute Gasteiger partial charge is 0.413 e. The quantitative estimate of drug-likeness (QED) is 0.708. The van der Waals surface area contributed by atoms with Gasteiger partial charge in [-0.25, -0.2) is 14.3 Å². The maximum atomic E-state index is 11.5. The number of methoxy groups -OCH3 is 1. The Morgan fingerprint density at radius 2 is 2.10 bits per heavy atom. The van der Waals surface area contributed by atoms with Crippen LogP contribution in [0.25, 0.3) is 0 Å². The number of imide groups is 1. The Morgan fingerprint density at radius 1 is 1.40 bits per heavy atom. The summed E-state index contributed by atoms with van der Waals surface area (Å²) in [6.45, 7) is 1.26. The molecule has 0 saturated heterocycles. The normalized spacial score (nSPS) is 10.1. The Bertz CT molecular complexity index is 512. The molecule has 2 amide bonds. The van der Waals surface area contributed by atoms with Gasteiger partial charge in [0, 0.05) is 7.11 Å². The first kappa shape index (κ1) is 15.6. The number of hydrogen-bond acceptors (Lipinski definition) is 7. The molecular formula is C10H14N4O6. The van der Waals surface area contributed by atoms with E-state index in [0.29, 0.717) is 0 Å². The van der Waals surface area contributed by atoms with Gasteiger partial charge in [-0.2, -0.15) is 0 Å². The summed E-state index contributed by atoms with van der Waals surface area (Å²) in [5.74, 6) is -1.99. The van der Waals surface area contributed by atoms with Crippen LogP contribution in [0.4, 0.5) is 4.79 Å². The van der Waals surface area contributed by atoms with Crippen molar-refractivity contribution in [2.75, 3.05) is 13.7 Å². The first-order valence-corrected chi connectivity index (χ1v) is 5.60. The summed E-state index contributed by atoms with van der Waals surface area (Å²) in [5, 5.41) is 17.9. The van der Waals surface area contributed by atoms with Gasteiger partial charge in [0.2, 0.25) is 0 Å². The van der Waals surface area contributed by atoms with Crippen LogP contribution in [0.2, 0.25) is 0 Å². The number of aromatic carboxylic acids is 1. The summed E-state index contributed by atoms with van der Waals surface area (Å²) in [6, 6.07) is 0. The standard InChI is InChI=1S/C10H14N4O6/c1-3-20-10(18)11-7(15)4-14-6(5-19-2)8(9(16)17)12-13-14/h3-5H2,1-2H3,(H,16,17)(H,11,15,18). The van der Waals surface area contributed by atoms with Gasteiger partial charge >= 0.3 is 12.1 Å². The van der Waals surface area contributed by atoms with E-state index in [1.54, 1.807) is 6.92 Å². The van der Waals surface area contributed by atoms with Crippen molar-refractivity contribution in [3.05, 3.63) is 11.4 Å². The van der Waals surface area contributed by atoms with Gasteiger partial charge in [-0.3, -0.25) is 10.1 Å². The lowest BCUT2D eigenvalue weighted by atomic mass is 10.3. The van der Waals surface area contributed by atoms with E-state index < -0.39 is 18.0 Å². The van der Waals surface area contributed by atoms with E-state index in [2.05, 4.69) is 15.0 Å². The Morgan fingerprint density at radius 3 is 2.65 bits per heavy atom. The summed E-state index contributed by atoms with van der Waals surface area (Å²) in [4.78, 5) is 33.5. The maximum Gasteiger partial charge on any atom is 0.413 e. The van der Waals surface area contributed by atoms with Crippen LogP contribution in [0.5, 0.6) is 0 Å². The highest BCUT2D eigenvalue weighted by Crippen LogP contribution is 2.07. The number of alkyl carbamates (subject to hydrolysis) is 1. The predicted molar refractivity (Wildman–Crippen MR) is 62.9 cm³/mol. The van der Waals surface area contributed by atoms with Crippen molar-refractivity contribution in [2.45, 2.75) is 20.1 Å². The number of nitrogens with one attached hydrogen (secondary N) is 1. The molecule has 10 heteroatoms. The summed E-state index contributed by atoms with van der Waals surface area (Å²) in [5.41, 5.74) is -0.185. The van der Waals surface area contributed by atoms with E-state index in [0.717, 1.165) is 4.68 Å². The number of hydrogen-bond donors (Lipinski definition) is 2. The van der Waals surface area contributed by atoms with Crippen LogP contribution in [0.1, 0.15) is 23.1 Å². The molecule has 0 radical (unpaired) electrons. The van der Waals surface area contributed by atoms with Crippen molar-refractivity contribution in [2.24, 2.45) is 0 Å². The average Bonchev–Trinajstić information content (AvgIpc) is 2.73. The molecule has 2 N–H and O–H groups in total. The first-order chi connectivity index (χ1) is 9.49. The molecule has 1 aromatic heterocycles. The molecule has 0 atom stereocenters. The largest absolute Gasteiger partial charge is 0.476 e. The third kappa shape index (κ3) is 4.02. The fourth-order valence-electron chi connectivity index (χ4n) is 1.36. The molecule has 1 heterocycles. The third-order valence-corrected chi connectivity index (χ3v) is 2.13. The Labute approximate surface area is 113 Å². The summed E-state index contributed by atoms with van der Waals surface area (Å²) in [7, 11) is 1.36. The SMILES string of the molecule is CCOC(=O)NC(=O)Cn1nnc(C(=O)O)c1COC. The number of amides is 2. The topological polar surface area (TPSA) is 133 Å². The van der Waals surface area contributed by atoms with E-state index >= 15 is 0 Å². The molecule has 1 rings (SSSR count). The van der Waals surface area contributed by atoms with E-state index in [-0.39, 0.29) is 31.1 Å². The molecule has 110 valence electrons. The summed E-state index contributed by atoms with van der Waals surface area (Å²) in [6.07, 6.45) is -0.885. The number of nitrogens with zero attached hydrogens (tertiary/aromatic N) is 3. The van der Waals surface area contributed by atoms with Crippen molar-refractivity contribution in [1.29, 1.82) is 0 Å². The van der Waals surface area contributed by atoms with Gasteiger partial charge in [0.15, 0.2) is 5.69 Å². The number of aromatic nitrogens is 3. The van der Waals surface area contributed by atoms with Crippen LogP contribution in [0.15, 0.2) is 0 Å². The van der Waals surface area contributed by atoms with Gasteiger partial charge in [0.25, 0.3) is 5.91 Å². The number of carbonyl (C=O) groups excluding carboxylic acids is 2. The zero-order valence-electron chi connectivity index (χ0n) is 11.0. The minimum Gasteiger partial charge on any atom is -0.476 e. The van der Waals surface area contributed by atoms with Crippen LogP contribution in [0.3, 0.4) is 0 Å². The highest BCUT2D eigenvalue weighted by molar-refractivity contribution is 5.91. The minimum atomic E-state index is -1.28. The van der Waals surface area contributed by atoms with Gasteiger partial charge in [0.1, 0.15) is 6.54 Å². The Kier molecular flexibility index (Phi) is 5.59. The van der Waals surface area contributed by atoms with Crippen LogP contribution >= 0.6 is 0 Å². The summed E-state index contributed by atoms with van der Waals surface area (Å²) < 4.78 is 10.4. The Balaban J connectivity index is 2.79. The molecule has 20 heavy (non-hydrogen) atoms. The zero-order chi connectivity index (χ0) is 15.1. The van der Waals surface area contributed by atoms with Crippen LogP contribution < -0.4 is 5.32 Å². The minimum absolute atomic E-state index is 0.0820. The molecule has 0 unspecified atom stereocenters. The molecule has 0 aliphatic carbocycles. The number of rotatable bonds is 6. The maximum absolute atomic E-state index is 11.5. The molecule has 0 aliphatic heterocycles. The van der Waals surface area contributed by atoms with Crippen LogP contribution in [0, 0.1) is 0 Å². The second kappa shape index (κ2) is 7.19. The number of carboxylic acids is 1. The summed E-state index contributed by atoms with van der Waals surface area (Å²) >= 11 is 0. The lowest BCUT2D eigenvalue weighted by Gasteiger charge is -2.06. The second-order valence-corrected chi connectivity index (χ2v) is 3.55. The molecule has 0 aliphatic rings. The van der Waals surface area contributed by atoms with Gasteiger partial charge < -0.3 is 14.6 Å². The fraction of sp³-hybridized carbons (Fsp3) is 0.500. The second-order valence-electron chi connectivity index (χ2n) is 3.55. The lowest BCUT2D eigenvalue weighted by Crippen LogP contribution is -2.34. The predicted octanol–water partition coefficient (Wildman–Crippen LogP) is -0.605. The molecule has 0 bridgehead atoms. The van der Waals surface area contributed by atoms with Crippen LogP contribution in [-0.4, -0.2) is 51.8 Å². The van der Waals surface area contributed by atoms with Gasteiger partial charge in [-0.05, 0) is 6.92 Å². The average molecular weight is 286 g/mol. The molecule has 0 saturated carbocycles. The highest BCUT2D eigenvalue weighted by atomic mass is 16.5. The molecular weight excluding hydrogens is 272 g/mol. The monoisotopic (exact) mass is 286 g/mol. The first-order valence-electron chi connectivity index (χ1n) is 5.60. The van der Waals surface area contributed by atoms with Crippen molar-refractivity contribution < 1.29 is 29.0 Å². The van der Waals surface area contributed by atoms with Gasteiger partial charge in [-0.1, -0.05) is 5.21 Å². The van der Waals surface area contributed by atoms with E-state index in [9.17, 15) is 14.4 Å². The van der Waals surface area contributed by atoms with Crippen molar-refractivity contribution >= 4 is 18.0 Å². The van der Waals surface area contributed by atoms with E-state index in [1.165, 1.54) is 7.11 Å². The van der Waals surface area contributed by atoms with Crippen molar-refractivity contribution in [1.82, 2.24) is 20.3 Å². The van der Waals surface area contributed by atoms with Gasteiger partial charge in [0.05, 0.1) is 18.9 Å². The molecule has 0 spiro atoms. The Hall–Kier alpha value is -2.49. The number of carboxylic acid groups (broad SMARTS) is 1. The molecule has 0 aromatic carbocycles. The van der Waals surface area contributed by atoms with E-state index in [1.807, 2.05) is 5.32 Å². The highest BCUT2D eigenvalue weighted by Gasteiger charge is 2.20. The van der Waals surface area contributed by atoms with Gasteiger partial charge in [-0.15, -0.1) is 5.10 Å². The zero-order valence-corrected chi connectivity index (χ0v) is 11.0. The number of carbonyl (C=O) groups is 3. The van der Waals surface area contributed by atoms with E-state index in [4.69, 9.17) is 9.84 Å². The molecule has 1 aromatic rings.